The molecule has 25 heavy (non-hydrogen) atoms. The van der Waals surface area contributed by atoms with Gasteiger partial charge in [-0.1, -0.05) is 5.16 Å². The van der Waals surface area contributed by atoms with Gasteiger partial charge in [0.15, 0.2) is 11.5 Å². The summed E-state index contributed by atoms with van der Waals surface area (Å²) >= 11 is 0. The van der Waals surface area contributed by atoms with Crippen molar-refractivity contribution in [1.29, 1.82) is 0 Å². The molecule has 0 atom stereocenters. The average Bonchev–Trinajstić information content (AvgIpc) is 3.26. The molecular formula is C17H15N5O3. The van der Waals surface area contributed by atoms with E-state index in [0.717, 1.165) is 30.0 Å². The number of hydrogen-bond acceptors (Lipinski definition) is 6. The molecule has 2 aromatic heterocycles. The van der Waals surface area contributed by atoms with E-state index in [2.05, 4.69) is 20.4 Å². The van der Waals surface area contributed by atoms with Crippen molar-refractivity contribution in [2.75, 3.05) is 7.11 Å². The van der Waals surface area contributed by atoms with E-state index in [9.17, 15) is 4.79 Å². The maximum atomic E-state index is 12.4. The smallest absolute Gasteiger partial charge is 0.278 e. The summed E-state index contributed by atoms with van der Waals surface area (Å²) in [6.45, 7) is 0.326. The number of carbonyl (C=O) groups is 1. The first kappa shape index (κ1) is 14.2. The molecule has 8 heteroatoms. The highest BCUT2D eigenvalue weighted by Crippen LogP contribution is 2.39. The number of fused-ring (bicyclic) bond motifs is 3. The Bertz CT molecular complexity index is 986. The summed E-state index contributed by atoms with van der Waals surface area (Å²) < 4.78 is 12.5. The number of ether oxygens (including phenoxy) is 1. The highest BCUT2D eigenvalue weighted by atomic mass is 16.5. The molecule has 0 saturated heterocycles. The van der Waals surface area contributed by atoms with E-state index >= 15 is 0 Å². The number of aromatic nitrogens is 4. The van der Waals surface area contributed by atoms with Crippen LogP contribution < -0.4 is 10.1 Å². The maximum Gasteiger partial charge on any atom is 0.278 e. The van der Waals surface area contributed by atoms with Gasteiger partial charge in [-0.25, -0.2) is 4.98 Å². The van der Waals surface area contributed by atoms with Crippen molar-refractivity contribution >= 4 is 5.91 Å². The number of methoxy groups -OCH3 is 1. The third-order valence-electron chi connectivity index (χ3n) is 4.58. The van der Waals surface area contributed by atoms with E-state index in [1.165, 1.54) is 0 Å². The predicted octanol–water partition coefficient (Wildman–Crippen LogP) is 2.05. The number of imidazole rings is 1. The second-order valence-corrected chi connectivity index (χ2v) is 6.21. The topological polar surface area (TPSA) is 95.1 Å². The van der Waals surface area contributed by atoms with E-state index in [-0.39, 0.29) is 5.91 Å². The SMILES string of the molecule is COc1ccc2c(c1)C(=O)NCc1c(-c3nc(C4CC4)no3)ncn1-2. The number of amides is 1. The lowest BCUT2D eigenvalue weighted by Gasteiger charge is -2.09. The van der Waals surface area contributed by atoms with Crippen LogP contribution in [0.2, 0.25) is 0 Å². The minimum absolute atomic E-state index is 0.159. The molecule has 0 bridgehead atoms. The minimum atomic E-state index is -0.159. The summed E-state index contributed by atoms with van der Waals surface area (Å²) in [7, 11) is 1.57. The first-order valence-electron chi connectivity index (χ1n) is 8.11. The zero-order valence-electron chi connectivity index (χ0n) is 13.5. The molecule has 1 fully saturated rings. The first-order chi connectivity index (χ1) is 12.2. The van der Waals surface area contributed by atoms with Gasteiger partial charge in [0.2, 0.25) is 0 Å². The fourth-order valence-corrected chi connectivity index (χ4v) is 3.06. The first-order valence-corrected chi connectivity index (χ1v) is 8.11. The lowest BCUT2D eigenvalue weighted by molar-refractivity contribution is 0.0952. The van der Waals surface area contributed by atoms with E-state index in [0.29, 0.717) is 35.4 Å². The van der Waals surface area contributed by atoms with Crippen molar-refractivity contribution < 1.29 is 14.1 Å². The third kappa shape index (κ3) is 2.21. The van der Waals surface area contributed by atoms with Gasteiger partial charge in [-0.2, -0.15) is 4.98 Å². The summed E-state index contributed by atoms with van der Waals surface area (Å²) in [4.78, 5) is 21.4. The summed E-state index contributed by atoms with van der Waals surface area (Å²) in [5.41, 5.74) is 2.68. The Morgan fingerprint density at radius 2 is 2.24 bits per heavy atom. The lowest BCUT2D eigenvalue weighted by Crippen LogP contribution is -2.21. The van der Waals surface area contributed by atoms with Crippen LogP contribution in [0.5, 0.6) is 5.75 Å². The maximum absolute atomic E-state index is 12.4. The number of nitrogens with one attached hydrogen (secondary N) is 1. The largest absolute Gasteiger partial charge is 0.497 e. The molecular weight excluding hydrogens is 322 g/mol. The van der Waals surface area contributed by atoms with Gasteiger partial charge in [0.1, 0.15) is 12.1 Å². The van der Waals surface area contributed by atoms with Crippen LogP contribution in [0, 0.1) is 0 Å². The molecule has 1 amide bonds. The van der Waals surface area contributed by atoms with Crippen molar-refractivity contribution in [3.8, 4) is 23.0 Å². The van der Waals surface area contributed by atoms with E-state index < -0.39 is 0 Å². The van der Waals surface area contributed by atoms with Gasteiger partial charge in [-0.15, -0.1) is 0 Å². The second kappa shape index (κ2) is 5.17. The molecule has 3 heterocycles. The second-order valence-electron chi connectivity index (χ2n) is 6.21. The van der Waals surface area contributed by atoms with Crippen LogP contribution in [0.25, 0.3) is 17.3 Å². The quantitative estimate of drug-likeness (QED) is 0.786. The number of hydrogen-bond donors (Lipinski definition) is 1. The Morgan fingerprint density at radius 3 is 3.04 bits per heavy atom. The molecule has 1 aromatic carbocycles. The van der Waals surface area contributed by atoms with Crippen LogP contribution in [-0.4, -0.2) is 32.7 Å². The lowest BCUT2D eigenvalue weighted by atomic mass is 10.1. The van der Waals surface area contributed by atoms with Gasteiger partial charge >= 0.3 is 0 Å². The van der Waals surface area contributed by atoms with Gasteiger partial charge in [-0.3, -0.25) is 9.36 Å². The predicted molar refractivity (Wildman–Crippen MR) is 86.6 cm³/mol. The highest BCUT2D eigenvalue weighted by Gasteiger charge is 2.31. The van der Waals surface area contributed by atoms with Crippen molar-refractivity contribution in [2.24, 2.45) is 0 Å². The fourth-order valence-electron chi connectivity index (χ4n) is 3.06. The van der Waals surface area contributed by atoms with Crippen LogP contribution in [0.3, 0.4) is 0 Å². The summed E-state index contributed by atoms with van der Waals surface area (Å²) in [6, 6.07) is 5.38. The molecule has 0 radical (unpaired) electrons. The van der Waals surface area contributed by atoms with Gasteiger partial charge in [0, 0.05) is 5.92 Å². The Kier molecular flexibility index (Phi) is 2.94. The van der Waals surface area contributed by atoms with Gasteiger partial charge < -0.3 is 14.6 Å². The van der Waals surface area contributed by atoms with Gasteiger partial charge in [0.25, 0.3) is 11.8 Å². The molecule has 1 aliphatic carbocycles. The summed E-state index contributed by atoms with van der Waals surface area (Å²) in [5.74, 6) is 2.00. The van der Waals surface area contributed by atoms with Crippen molar-refractivity contribution in [3.05, 3.63) is 41.6 Å². The molecule has 3 aromatic rings. The molecule has 2 aliphatic rings. The highest BCUT2D eigenvalue weighted by molar-refractivity contribution is 5.99. The average molecular weight is 337 g/mol. The monoisotopic (exact) mass is 337 g/mol. The molecule has 126 valence electrons. The van der Waals surface area contributed by atoms with E-state index in [1.54, 1.807) is 19.5 Å². The Balaban J connectivity index is 1.63. The van der Waals surface area contributed by atoms with Crippen LogP contribution in [0.1, 0.15) is 40.6 Å². The number of carbonyl (C=O) groups excluding carboxylic acids is 1. The zero-order chi connectivity index (χ0) is 17.0. The van der Waals surface area contributed by atoms with Gasteiger partial charge in [-0.05, 0) is 31.0 Å². The summed E-state index contributed by atoms with van der Waals surface area (Å²) in [5, 5.41) is 6.95. The molecule has 8 nitrogen and oxygen atoms in total. The molecule has 1 N–H and O–H groups in total. The van der Waals surface area contributed by atoms with Crippen molar-refractivity contribution in [3.63, 3.8) is 0 Å². The fraction of sp³-hybridized carbons (Fsp3) is 0.294. The summed E-state index contributed by atoms with van der Waals surface area (Å²) in [6.07, 6.45) is 3.88. The molecule has 1 aliphatic heterocycles. The molecule has 5 rings (SSSR count). The zero-order valence-corrected chi connectivity index (χ0v) is 13.5. The van der Waals surface area contributed by atoms with E-state index in [4.69, 9.17) is 9.26 Å². The Morgan fingerprint density at radius 1 is 1.36 bits per heavy atom. The number of benzene rings is 1. The van der Waals surface area contributed by atoms with Crippen LogP contribution >= 0.6 is 0 Å². The molecule has 0 unspecified atom stereocenters. The number of nitrogens with zero attached hydrogens (tertiary/aromatic N) is 4. The minimum Gasteiger partial charge on any atom is -0.497 e. The molecule has 1 saturated carbocycles. The third-order valence-corrected chi connectivity index (χ3v) is 4.58. The normalized spacial score (nSPS) is 16.0. The van der Waals surface area contributed by atoms with Crippen LogP contribution in [0.4, 0.5) is 0 Å². The van der Waals surface area contributed by atoms with E-state index in [1.807, 2.05) is 16.7 Å². The van der Waals surface area contributed by atoms with Crippen LogP contribution in [0.15, 0.2) is 29.0 Å². The standard InChI is InChI=1S/C17H15N5O3/c1-24-10-4-5-12-11(6-10)16(23)18-7-13-14(19-8-22(12)13)17-20-15(21-25-17)9-2-3-9/h4-6,8-9H,2-3,7H2,1H3,(H,18,23). The van der Waals surface area contributed by atoms with Crippen molar-refractivity contribution in [2.45, 2.75) is 25.3 Å². The van der Waals surface area contributed by atoms with Gasteiger partial charge in [0.05, 0.1) is 30.6 Å². The Hall–Kier alpha value is -3.16. The Labute approximate surface area is 142 Å². The van der Waals surface area contributed by atoms with Crippen molar-refractivity contribution in [1.82, 2.24) is 25.0 Å². The van der Waals surface area contributed by atoms with Crippen LogP contribution in [-0.2, 0) is 6.54 Å². The molecule has 0 spiro atoms. The number of rotatable bonds is 3.